The molecule has 31 heavy (non-hydrogen) atoms. The van der Waals surface area contributed by atoms with E-state index in [1.165, 1.54) is 6.07 Å². The Morgan fingerprint density at radius 3 is 2.35 bits per heavy atom. The first-order chi connectivity index (χ1) is 15.0. The first-order valence-electron chi connectivity index (χ1n) is 9.41. The van der Waals surface area contributed by atoms with Crippen LogP contribution in [0, 0.1) is 0 Å². The van der Waals surface area contributed by atoms with E-state index in [0.717, 1.165) is 11.3 Å². The minimum Gasteiger partial charge on any atom is -0.494 e. The lowest BCUT2D eigenvalue weighted by Crippen LogP contribution is -2.16. The van der Waals surface area contributed by atoms with Crippen LogP contribution in [0.4, 0.5) is 0 Å². The molecule has 0 spiro atoms. The molecule has 0 aliphatic rings. The van der Waals surface area contributed by atoms with Crippen molar-refractivity contribution in [1.82, 2.24) is 0 Å². The third-order valence-electron chi connectivity index (χ3n) is 4.14. The summed E-state index contributed by atoms with van der Waals surface area (Å²) < 4.78 is 11.2. The van der Waals surface area contributed by atoms with Gasteiger partial charge in [0.2, 0.25) is 0 Å². The Labute approximate surface area is 190 Å². The summed E-state index contributed by atoms with van der Waals surface area (Å²) in [6.45, 7) is 2.81. The molecule has 0 heterocycles. The number of carbonyl (C=O) groups excluding carboxylic acids is 1. The fourth-order valence-electron chi connectivity index (χ4n) is 2.64. The van der Waals surface area contributed by atoms with Crippen LogP contribution in [-0.2, 0) is 11.4 Å². The number of halogens is 2. The van der Waals surface area contributed by atoms with Gasteiger partial charge in [-0.1, -0.05) is 40.5 Å². The minimum atomic E-state index is -0.657. The zero-order valence-corrected chi connectivity index (χ0v) is 18.2. The van der Waals surface area contributed by atoms with Crippen LogP contribution in [0.1, 0.15) is 28.4 Å². The SMILES string of the molecule is CCOc1ccc(OCc2cccc(C(=O)O/N=C(\N)c3ccc(Cl)cc3Cl)c2)cc1. The van der Waals surface area contributed by atoms with Gasteiger partial charge >= 0.3 is 5.97 Å². The molecular weight excluding hydrogens is 439 g/mol. The Kier molecular flexibility index (Phi) is 7.76. The van der Waals surface area contributed by atoms with Gasteiger partial charge in [0.25, 0.3) is 0 Å². The molecule has 0 saturated carbocycles. The van der Waals surface area contributed by atoms with Gasteiger partial charge in [-0.05, 0) is 67.1 Å². The van der Waals surface area contributed by atoms with E-state index in [-0.39, 0.29) is 12.4 Å². The van der Waals surface area contributed by atoms with E-state index in [1.54, 1.807) is 30.3 Å². The van der Waals surface area contributed by atoms with Crippen LogP contribution in [0.5, 0.6) is 11.5 Å². The summed E-state index contributed by atoms with van der Waals surface area (Å²) in [5, 5.41) is 4.45. The maximum Gasteiger partial charge on any atom is 0.365 e. The standard InChI is InChI=1S/C23H20Cl2N2O4/c1-2-29-18-7-9-19(10-8-18)30-14-15-4-3-5-16(12-15)23(28)31-27-22(26)20-11-6-17(24)13-21(20)25/h3-13H,2,14H2,1H3,(H2,26,27). The fraction of sp³-hybridized carbons (Fsp3) is 0.130. The van der Waals surface area contributed by atoms with Crippen molar-refractivity contribution in [2.75, 3.05) is 6.61 Å². The average Bonchev–Trinajstić information content (AvgIpc) is 2.77. The smallest absolute Gasteiger partial charge is 0.365 e. The molecule has 0 bridgehead atoms. The Balaban J connectivity index is 1.61. The largest absolute Gasteiger partial charge is 0.494 e. The Morgan fingerprint density at radius 2 is 1.68 bits per heavy atom. The maximum absolute atomic E-state index is 12.4. The zero-order chi connectivity index (χ0) is 22.2. The molecule has 3 aromatic carbocycles. The average molecular weight is 459 g/mol. The number of benzene rings is 3. The van der Waals surface area contributed by atoms with Gasteiger partial charge in [-0.15, -0.1) is 0 Å². The second-order valence-electron chi connectivity index (χ2n) is 6.37. The molecule has 0 radical (unpaired) electrons. The van der Waals surface area contributed by atoms with Crippen LogP contribution in [0.25, 0.3) is 0 Å². The number of nitrogens with two attached hydrogens (primary N) is 1. The molecule has 8 heteroatoms. The number of hydrogen-bond acceptors (Lipinski definition) is 5. The van der Waals surface area contributed by atoms with Crippen LogP contribution >= 0.6 is 23.2 Å². The first-order valence-corrected chi connectivity index (χ1v) is 10.2. The van der Waals surface area contributed by atoms with Crippen LogP contribution < -0.4 is 15.2 Å². The summed E-state index contributed by atoms with van der Waals surface area (Å²) in [5.74, 6) is 0.772. The van der Waals surface area contributed by atoms with Crippen molar-refractivity contribution in [3.63, 3.8) is 0 Å². The number of oxime groups is 1. The highest BCUT2D eigenvalue weighted by atomic mass is 35.5. The van der Waals surface area contributed by atoms with E-state index in [4.69, 9.17) is 43.2 Å². The molecule has 0 atom stereocenters. The molecule has 0 aromatic heterocycles. The van der Waals surface area contributed by atoms with Crippen LogP contribution in [-0.4, -0.2) is 18.4 Å². The lowest BCUT2D eigenvalue weighted by Gasteiger charge is -2.09. The number of carbonyl (C=O) groups is 1. The maximum atomic E-state index is 12.4. The van der Waals surface area contributed by atoms with E-state index >= 15 is 0 Å². The molecule has 0 amide bonds. The highest BCUT2D eigenvalue weighted by Gasteiger charge is 2.11. The summed E-state index contributed by atoms with van der Waals surface area (Å²) in [6.07, 6.45) is 0. The van der Waals surface area contributed by atoms with Crippen molar-refractivity contribution >= 4 is 35.0 Å². The summed E-state index contributed by atoms with van der Waals surface area (Å²) in [6, 6.07) is 18.9. The summed E-state index contributed by atoms with van der Waals surface area (Å²) in [4.78, 5) is 17.3. The van der Waals surface area contributed by atoms with E-state index in [1.807, 2.05) is 37.3 Å². The normalized spacial score (nSPS) is 11.1. The predicted octanol–water partition coefficient (Wildman–Crippen LogP) is 5.45. The lowest BCUT2D eigenvalue weighted by molar-refractivity contribution is 0.0516. The monoisotopic (exact) mass is 458 g/mol. The van der Waals surface area contributed by atoms with Crippen molar-refractivity contribution in [3.8, 4) is 11.5 Å². The minimum absolute atomic E-state index is 0.0370. The van der Waals surface area contributed by atoms with Gasteiger partial charge in [0.15, 0.2) is 5.84 Å². The second kappa shape index (κ2) is 10.7. The highest BCUT2D eigenvalue weighted by Crippen LogP contribution is 2.21. The van der Waals surface area contributed by atoms with Gasteiger partial charge in [-0.3, -0.25) is 0 Å². The fourth-order valence-corrected chi connectivity index (χ4v) is 3.15. The summed E-state index contributed by atoms with van der Waals surface area (Å²) in [7, 11) is 0. The van der Waals surface area contributed by atoms with Gasteiger partial charge in [0.05, 0.1) is 17.2 Å². The molecule has 0 unspecified atom stereocenters. The van der Waals surface area contributed by atoms with E-state index in [9.17, 15) is 4.79 Å². The Morgan fingerprint density at radius 1 is 0.968 bits per heavy atom. The second-order valence-corrected chi connectivity index (χ2v) is 7.22. The van der Waals surface area contributed by atoms with Crippen molar-refractivity contribution < 1.29 is 19.1 Å². The van der Waals surface area contributed by atoms with Gasteiger partial charge < -0.3 is 20.0 Å². The lowest BCUT2D eigenvalue weighted by atomic mass is 10.1. The number of rotatable bonds is 8. The number of hydrogen-bond donors (Lipinski definition) is 1. The molecule has 0 aliphatic heterocycles. The third kappa shape index (κ3) is 6.38. The van der Waals surface area contributed by atoms with Gasteiger partial charge in [-0.25, -0.2) is 4.79 Å². The molecule has 0 aliphatic carbocycles. The molecule has 160 valence electrons. The number of ether oxygens (including phenoxy) is 2. The Bertz CT molecular complexity index is 1090. The van der Waals surface area contributed by atoms with Crippen molar-refractivity contribution in [2.24, 2.45) is 10.9 Å². The van der Waals surface area contributed by atoms with Gasteiger partial charge in [-0.2, -0.15) is 0 Å². The quantitative estimate of drug-likeness (QED) is 0.210. The van der Waals surface area contributed by atoms with Crippen LogP contribution in [0.2, 0.25) is 10.0 Å². The zero-order valence-electron chi connectivity index (χ0n) is 16.7. The van der Waals surface area contributed by atoms with Gasteiger partial charge in [0, 0.05) is 10.6 Å². The molecule has 3 aromatic rings. The van der Waals surface area contributed by atoms with E-state index in [0.29, 0.717) is 33.5 Å². The topological polar surface area (TPSA) is 83.1 Å². The highest BCUT2D eigenvalue weighted by molar-refractivity contribution is 6.36. The first kappa shape index (κ1) is 22.5. The molecule has 2 N–H and O–H groups in total. The summed E-state index contributed by atoms with van der Waals surface area (Å²) in [5.41, 5.74) is 7.38. The molecule has 3 rings (SSSR count). The molecule has 6 nitrogen and oxygen atoms in total. The third-order valence-corrected chi connectivity index (χ3v) is 4.68. The van der Waals surface area contributed by atoms with Crippen molar-refractivity contribution in [2.45, 2.75) is 13.5 Å². The van der Waals surface area contributed by atoms with Crippen LogP contribution in [0.15, 0.2) is 71.9 Å². The predicted molar refractivity (Wildman–Crippen MR) is 121 cm³/mol. The summed E-state index contributed by atoms with van der Waals surface area (Å²) >= 11 is 11.9. The molecular formula is C23H20Cl2N2O4. The van der Waals surface area contributed by atoms with E-state index < -0.39 is 5.97 Å². The number of amidine groups is 1. The molecule has 0 saturated heterocycles. The van der Waals surface area contributed by atoms with Crippen LogP contribution in [0.3, 0.4) is 0 Å². The molecule has 0 fully saturated rings. The van der Waals surface area contributed by atoms with Crippen molar-refractivity contribution in [3.05, 3.63) is 93.5 Å². The Hall–Kier alpha value is -3.22. The van der Waals surface area contributed by atoms with E-state index in [2.05, 4.69) is 5.16 Å². The number of nitrogens with zero attached hydrogens (tertiary/aromatic N) is 1. The van der Waals surface area contributed by atoms with Gasteiger partial charge in [0.1, 0.15) is 18.1 Å². The van der Waals surface area contributed by atoms with Crippen molar-refractivity contribution in [1.29, 1.82) is 0 Å².